The lowest BCUT2D eigenvalue weighted by Gasteiger charge is -2.01. The fourth-order valence-corrected chi connectivity index (χ4v) is 2.65. The SMILES string of the molecule is Cc1sc(-n2cccc2)nc1C(=O)Nc1ccccn1. The number of pyridine rings is 1. The summed E-state index contributed by atoms with van der Waals surface area (Å²) in [6.07, 6.45) is 5.44. The molecule has 3 aromatic rings. The maximum absolute atomic E-state index is 12.2. The van der Waals surface area contributed by atoms with Crippen LogP contribution in [0.5, 0.6) is 0 Å². The lowest BCUT2D eigenvalue weighted by Crippen LogP contribution is -2.14. The van der Waals surface area contributed by atoms with E-state index in [1.807, 2.05) is 42.1 Å². The molecule has 0 spiro atoms. The van der Waals surface area contributed by atoms with Crippen LogP contribution in [0.25, 0.3) is 5.13 Å². The second-order valence-electron chi connectivity index (χ2n) is 4.16. The van der Waals surface area contributed by atoms with E-state index in [1.165, 1.54) is 11.3 Å². The Hall–Kier alpha value is -2.47. The monoisotopic (exact) mass is 284 g/mol. The zero-order valence-electron chi connectivity index (χ0n) is 10.8. The molecule has 0 radical (unpaired) electrons. The first-order chi connectivity index (χ1) is 9.74. The van der Waals surface area contributed by atoms with Crippen molar-refractivity contribution in [3.05, 3.63) is 59.5 Å². The Balaban J connectivity index is 1.85. The summed E-state index contributed by atoms with van der Waals surface area (Å²) >= 11 is 1.48. The number of rotatable bonds is 3. The van der Waals surface area contributed by atoms with E-state index in [-0.39, 0.29) is 5.91 Å². The quantitative estimate of drug-likeness (QED) is 0.804. The van der Waals surface area contributed by atoms with Gasteiger partial charge in [0.05, 0.1) is 0 Å². The Morgan fingerprint density at radius 1 is 1.25 bits per heavy atom. The third-order valence-electron chi connectivity index (χ3n) is 2.73. The van der Waals surface area contributed by atoms with E-state index in [9.17, 15) is 4.79 Å². The zero-order valence-corrected chi connectivity index (χ0v) is 11.6. The summed E-state index contributed by atoms with van der Waals surface area (Å²) < 4.78 is 1.88. The summed E-state index contributed by atoms with van der Waals surface area (Å²) in [6.45, 7) is 1.89. The van der Waals surface area contributed by atoms with Gasteiger partial charge in [0.2, 0.25) is 0 Å². The van der Waals surface area contributed by atoms with Crippen LogP contribution in [0.3, 0.4) is 0 Å². The van der Waals surface area contributed by atoms with Crippen molar-refractivity contribution in [1.82, 2.24) is 14.5 Å². The van der Waals surface area contributed by atoms with Gasteiger partial charge < -0.3 is 9.88 Å². The summed E-state index contributed by atoms with van der Waals surface area (Å²) in [5.41, 5.74) is 0.435. The maximum atomic E-state index is 12.2. The Bertz CT molecular complexity index is 719. The van der Waals surface area contributed by atoms with Gasteiger partial charge in [-0.1, -0.05) is 6.07 Å². The van der Waals surface area contributed by atoms with Crippen molar-refractivity contribution in [3.8, 4) is 5.13 Å². The number of nitrogens with one attached hydrogen (secondary N) is 1. The highest BCUT2D eigenvalue weighted by molar-refractivity contribution is 7.14. The zero-order chi connectivity index (χ0) is 13.9. The summed E-state index contributed by atoms with van der Waals surface area (Å²) in [5, 5.41) is 3.52. The van der Waals surface area contributed by atoms with Crippen LogP contribution < -0.4 is 5.32 Å². The topological polar surface area (TPSA) is 59.8 Å². The molecule has 100 valence electrons. The van der Waals surface area contributed by atoms with Crippen molar-refractivity contribution in [2.45, 2.75) is 6.92 Å². The van der Waals surface area contributed by atoms with Gasteiger partial charge in [0.15, 0.2) is 5.13 Å². The lowest BCUT2D eigenvalue weighted by atomic mass is 10.3. The Morgan fingerprint density at radius 2 is 2.05 bits per heavy atom. The summed E-state index contributed by atoms with van der Waals surface area (Å²) in [4.78, 5) is 21.5. The Labute approximate surface area is 119 Å². The molecular weight excluding hydrogens is 272 g/mol. The first kappa shape index (κ1) is 12.6. The van der Waals surface area contributed by atoms with Gasteiger partial charge in [-0.25, -0.2) is 9.97 Å². The number of thiazole rings is 1. The fraction of sp³-hybridized carbons (Fsp3) is 0.0714. The van der Waals surface area contributed by atoms with Crippen LogP contribution in [0, 0.1) is 6.92 Å². The molecule has 0 aliphatic heterocycles. The molecule has 6 heteroatoms. The van der Waals surface area contributed by atoms with Gasteiger partial charge in [-0.05, 0) is 31.2 Å². The standard InChI is InChI=1S/C14H12N4OS/c1-10-12(13(19)16-11-6-2-3-7-15-11)17-14(20-10)18-8-4-5-9-18/h2-9H,1H3,(H,15,16,19). The minimum Gasteiger partial charge on any atom is -0.305 e. The van der Waals surface area contributed by atoms with Gasteiger partial charge in [-0.2, -0.15) is 0 Å². The molecule has 0 saturated heterocycles. The highest BCUT2D eigenvalue weighted by Crippen LogP contribution is 2.21. The Morgan fingerprint density at radius 3 is 2.75 bits per heavy atom. The molecule has 0 aliphatic rings. The van der Waals surface area contributed by atoms with Gasteiger partial charge in [0.1, 0.15) is 11.5 Å². The van der Waals surface area contributed by atoms with Crippen LogP contribution in [0.1, 0.15) is 15.4 Å². The molecular formula is C14H12N4OS. The van der Waals surface area contributed by atoms with Gasteiger partial charge in [-0.3, -0.25) is 4.79 Å². The van der Waals surface area contributed by atoms with E-state index in [1.54, 1.807) is 18.3 Å². The average molecular weight is 284 g/mol. The number of carbonyl (C=O) groups is 1. The lowest BCUT2D eigenvalue weighted by molar-refractivity contribution is 0.102. The average Bonchev–Trinajstić information content (AvgIpc) is 3.08. The van der Waals surface area contributed by atoms with Gasteiger partial charge in [0.25, 0.3) is 5.91 Å². The number of hydrogen-bond acceptors (Lipinski definition) is 4. The van der Waals surface area contributed by atoms with Crippen LogP contribution in [0.4, 0.5) is 5.82 Å². The smallest absolute Gasteiger partial charge is 0.276 e. The van der Waals surface area contributed by atoms with Crippen molar-refractivity contribution >= 4 is 23.1 Å². The van der Waals surface area contributed by atoms with Gasteiger partial charge >= 0.3 is 0 Å². The Kier molecular flexibility index (Phi) is 3.30. The van der Waals surface area contributed by atoms with E-state index in [2.05, 4.69) is 15.3 Å². The predicted octanol–water partition coefficient (Wildman–Crippen LogP) is 2.89. The van der Waals surface area contributed by atoms with Crippen LogP contribution in [0.2, 0.25) is 0 Å². The van der Waals surface area contributed by atoms with Gasteiger partial charge in [-0.15, -0.1) is 11.3 Å². The molecule has 0 fully saturated rings. The third kappa shape index (κ3) is 2.46. The normalized spacial score (nSPS) is 10.4. The molecule has 3 rings (SSSR count). The molecule has 0 saturated carbocycles. The van der Waals surface area contributed by atoms with E-state index in [4.69, 9.17) is 0 Å². The maximum Gasteiger partial charge on any atom is 0.276 e. The summed E-state index contributed by atoms with van der Waals surface area (Å²) in [6, 6.07) is 9.21. The highest BCUT2D eigenvalue weighted by atomic mass is 32.1. The highest BCUT2D eigenvalue weighted by Gasteiger charge is 2.16. The number of hydrogen-bond donors (Lipinski definition) is 1. The van der Waals surface area contributed by atoms with Gasteiger partial charge in [0, 0.05) is 23.5 Å². The van der Waals surface area contributed by atoms with Crippen LogP contribution in [-0.2, 0) is 0 Å². The van der Waals surface area contributed by atoms with E-state index >= 15 is 0 Å². The first-order valence-corrected chi connectivity index (χ1v) is 6.89. The van der Waals surface area contributed by atoms with E-state index in [0.717, 1.165) is 10.0 Å². The molecule has 3 aromatic heterocycles. The van der Waals surface area contributed by atoms with E-state index in [0.29, 0.717) is 11.5 Å². The summed E-state index contributed by atoms with van der Waals surface area (Å²) in [5.74, 6) is 0.281. The third-order valence-corrected chi connectivity index (χ3v) is 3.72. The second-order valence-corrected chi connectivity index (χ2v) is 5.34. The van der Waals surface area contributed by atoms with Crippen molar-refractivity contribution < 1.29 is 4.79 Å². The minimum absolute atomic E-state index is 0.240. The molecule has 3 heterocycles. The van der Waals surface area contributed by atoms with Crippen molar-refractivity contribution in [3.63, 3.8) is 0 Å². The number of carbonyl (C=O) groups excluding carboxylic acids is 1. The van der Waals surface area contributed by atoms with Crippen LogP contribution in [0.15, 0.2) is 48.9 Å². The molecule has 0 unspecified atom stereocenters. The molecule has 0 atom stereocenters. The van der Waals surface area contributed by atoms with Crippen molar-refractivity contribution in [2.24, 2.45) is 0 Å². The second kappa shape index (κ2) is 5.26. The molecule has 0 aromatic carbocycles. The minimum atomic E-state index is -0.240. The number of nitrogens with zero attached hydrogens (tertiary/aromatic N) is 3. The number of amides is 1. The molecule has 0 bridgehead atoms. The molecule has 1 N–H and O–H groups in total. The fourth-order valence-electron chi connectivity index (χ4n) is 1.78. The van der Waals surface area contributed by atoms with E-state index < -0.39 is 0 Å². The number of aromatic nitrogens is 3. The largest absolute Gasteiger partial charge is 0.305 e. The van der Waals surface area contributed by atoms with Crippen molar-refractivity contribution in [2.75, 3.05) is 5.32 Å². The molecule has 0 aliphatic carbocycles. The number of aryl methyl sites for hydroxylation is 1. The summed E-state index contributed by atoms with van der Waals surface area (Å²) in [7, 11) is 0. The molecule has 5 nitrogen and oxygen atoms in total. The predicted molar refractivity (Wildman–Crippen MR) is 78.4 cm³/mol. The van der Waals surface area contributed by atoms with Crippen LogP contribution in [-0.4, -0.2) is 20.4 Å². The first-order valence-electron chi connectivity index (χ1n) is 6.07. The van der Waals surface area contributed by atoms with Crippen molar-refractivity contribution in [1.29, 1.82) is 0 Å². The molecule has 20 heavy (non-hydrogen) atoms. The van der Waals surface area contributed by atoms with Crippen LogP contribution >= 0.6 is 11.3 Å². The number of anilines is 1. The molecule has 1 amide bonds.